The summed E-state index contributed by atoms with van der Waals surface area (Å²) < 4.78 is 0. The number of thiazole rings is 1. The molecule has 0 saturated heterocycles. The van der Waals surface area contributed by atoms with Crippen LogP contribution in [0.4, 0.5) is 0 Å². The number of hydrogen-bond acceptors (Lipinski definition) is 4. The van der Waals surface area contributed by atoms with E-state index in [-0.39, 0.29) is 12.6 Å². The van der Waals surface area contributed by atoms with E-state index in [1.165, 1.54) is 0 Å². The highest BCUT2D eigenvalue weighted by atomic mass is 32.1. The Kier molecular flexibility index (Phi) is 3.39. The number of aliphatic carboxylic acids is 1. The maximum absolute atomic E-state index is 10.4. The summed E-state index contributed by atoms with van der Waals surface area (Å²) in [6.45, 7) is 2.02. The van der Waals surface area contributed by atoms with Crippen LogP contribution in [0.5, 0.6) is 0 Å². The maximum Gasteiger partial charge on any atom is 0.317 e. The molecule has 0 aromatic carbocycles. The number of rotatable bonds is 4. The molecule has 1 rings (SSSR count). The highest BCUT2D eigenvalue weighted by Gasteiger charge is 2.14. The molecule has 5 heteroatoms. The number of carboxylic acid groups (broad SMARTS) is 1. The topological polar surface area (TPSA) is 53.4 Å². The Morgan fingerprint density at radius 1 is 1.85 bits per heavy atom. The first-order valence-corrected chi connectivity index (χ1v) is 4.79. The lowest BCUT2D eigenvalue weighted by Gasteiger charge is -2.20. The summed E-state index contributed by atoms with van der Waals surface area (Å²) in [5.41, 5.74) is 1.75. The molecular weight excluding hydrogens is 188 g/mol. The van der Waals surface area contributed by atoms with Gasteiger partial charge < -0.3 is 5.11 Å². The number of hydrogen-bond donors (Lipinski definition) is 1. The van der Waals surface area contributed by atoms with E-state index in [2.05, 4.69) is 4.98 Å². The molecule has 4 nitrogen and oxygen atoms in total. The van der Waals surface area contributed by atoms with E-state index in [1.807, 2.05) is 6.92 Å². The minimum absolute atomic E-state index is 0.0546. The van der Waals surface area contributed by atoms with E-state index < -0.39 is 5.97 Å². The predicted molar refractivity (Wildman–Crippen MR) is 50.8 cm³/mol. The van der Waals surface area contributed by atoms with Gasteiger partial charge in [0.05, 0.1) is 12.1 Å². The monoisotopic (exact) mass is 200 g/mol. The SMILES string of the molecule is CC(c1cncs1)N(C)CC(=O)O. The summed E-state index contributed by atoms with van der Waals surface area (Å²) in [6.07, 6.45) is 1.77. The van der Waals surface area contributed by atoms with E-state index in [0.29, 0.717) is 0 Å². The van der Waals surface area contributed by atoms with Gasteiger partial charge >= 0.3 is 5.97 Å². The Bertz CT molecular complexity index is 274. The van der Waals surface area contributed by atoms with Gasteiger partial charge in [0.25, 0.3) is 0 Å². The third kappa shape index (κ3) is 2.78. The van der Waals surface area contributed by atoms with Gasteiger partial charge in [0.2, 0.25) is 0 Å². The predicted octanol–water partition coefficient (Wildman–Crippen LogP) is 1.22. The molecule has 1 atom stereocenters. The lowest BCUT2D eigenvalue weighted by atomic mass is 10.2. The van der Waals surface area contributed by atoms with E-state index in [1.54, 1.807) is 35.0 Å². The van der Waals surface area contributed by atoms with Gasteiger partial charge in [-0.2, -0.15) is 0 Å². The Balaban J connectivity index is 2.57. The quantitative estimate of drug-likeness (QED) is 0.794. The number of aromatic nitrogens is 1. The fraction of sp³-hybridized carbons (Fsp3) is 0.500. The van der Waals surface area contributed by atoms with Gasteiger partial charge in [-0.3, -0.25) is 14.7 Å². The average Bonchev–Trinajstić information content (AvgIpc) is 2.53. The number of nitrogens with zero attached hydrogens (tertiary/aromatic N) is 2. The van der Waals surface area contributed by atoms with Gasteiger partial charge in [0.15, 0.2) is 0 Å². The van der Waals surface area contributed by atoms with Crippen molar-refractivity contribution in [2.24, 2.45) is 0 Å². The summed E-state index contributed by atoms with van der Waals surface area (Å²) in [4.78, 5) is 17.2. The van der Waals surface area contributed by atoms with Crippen molar-refractivity contribution in [1.29, 1.82) is 0 Å². The average molecular weight is 200 g/mol. The van der Waals surface area contributed by atoms with Gasteiger partial charge in [0.1, 0.15) is 0 Å². The van der Waals surface area contributed by atoms with E-state index in [0.717, 1.165) is 4.88 Å². The van der Waals surface area contributed by atoms with E-state index in [9.17, 15) is 4.79 Å². The fourth-order valence-corrected chi connectivity index (χ4v) is 1.74. The van der Waals surface area contributed by atoms with E-state index >= 15 is 0 Å². The summed E-state index contributed by atoms with van der Waals surface area (Å²) >= 11 is 1.54. The molecule has 0 amide bonds. The lowest BCUT2D eigenvalue weighted by Crippen LogP contribution is -2.27. The van der Waals surface area contributed by atoms with Crippen molar-refractivity contribution in [3.05, 3.63) is 16.6 Å². The molecule has 1 aromatic rings. The van der Waals surface area contributed by atoms with Gasteiger partial charge in [0, 0.05) is 17.1 Å². The van der Waals surface area contributed by atoms with Gasteiger partial charge in [-0.05, 0) is 14.0 Å². The fourth-order valence-electron chi connectivity index (χ4n) is 0.999. The Morgan fingerprint density at radius 3 is 3.00 bits per heavy atom. The lowest BCUT2D eigenvalue weighted by molar-refractivity contribution is -0.138. The number of likely N-dealkylation sites (N-methyl/N-ethyl adjacent to an activating group) is 1. The highest BCUT2D eigenvalue weighted by Crippen LogP contribution is 2.21. The molecule has 0 saturated carbocycles. The molecule has 0 aliphatic carbocycles. The Morgan fingerprint density at radius 2 is 2.54 bits per heavy atom. The minimum atomic E-state index is -0.807. The Labute approximate surface area is 80.8 Å². The molecule has 13 heavy (non-hydrogen) atoms. The zero-order chi connectivity index (χ0) is 9.84. The maximum atomic E-state index is 10.4. The van der Waals surface area contributed by atoms with Crippen molar-refractivity contribution >= 4 is 17.3 Å². The van der Waals surface area contributed by atoms with Crippen LogP contribution in [0, 0.1) is 0 Å². The normalized spacial score (nSPS) is 13.2. The number of carbonyl (C=O) groups is 1. The summed E-state index contributed by atoms with van der Waals surface area (Å²) in [5.74, 6) is -0.807. The molecule has 0 fully saturated rings. The zero-order valence-corrected chi connectivity index (χ0v) is 8.41. The summed E-state index contributed by atoms with van der Waals surface area (Å²) in [6, 6.07) is 0.114. The first kappa shape index (κ1) is 10.1. The number of carboxylic acids is 1. The second kappa shape index (κ2) is 4.34. The second-order valence-electron chi connectivity index (χ2n) is 2.89. The van der Waals surface area contributed by atoms with Crippen molar-refractivity contribution in [2.45, 2.75) is 13.0 Å². The third-order valence-corrected chi connectivity index (χ3v) is 2.85. The molecule has 1 unspecified atom stereocenters. The van der Waals surface area contributed by atoms with Crippen molar-refractivity contribution < 1.29 is 9.90 Å². The molecule has 0 spiro atoms. The molecule has 0 bridgehead atoms. The van der Waals surface area contributed by atoms with Crippen LogP contribution in [-0.4, -0.2) is 34.6 Å². The summed E-state index contributed by atoms with van der Waals surface area (Å²) in [5, 5.41) is 8.58. The molecule has 1 aromatic heterocycles. The van der Waals surface area contributed by atoms with Crippen LogP contribution in [0.3, 0.4) is 0 Å². The molecule has 0 aliphatic rings. The molecule has 0 aliphatic heterocycles. The van der Waals surface area contributed by atoms with Crippen LogP contribution in [0.1, 0.15) is 17.8 Å². The second-order valence-corrected chi connectivity index (χ2v) is 3.81. The van der Waals surface area contributed by atoms with Crippen LogP contribution in [0.2, 0.25) is 0 Å². The smallest absolute Gasteiger partial charge is 0.317 e. The standard InChI is InChI=1S/C8H12N2O2S/c1-6(7-3-9-5-13-7)10(2)4-8(11)12/h3,5-6H,4H2,1-2H3,(H,11,12). The molecule has 0 radical (unpaired) electrons. The molecule has 1 heterocycles. The van der Waals surface area contributed by atoms with Crippen molar-refractivity contribution in [3.8, 4) is 0 Å². The van der Waals surface area contributed by atoms with Crippen LogP contribution in [-0.2, 0) is 4.79 Å². The van der Waals surface area contributed by atoms with Crippen molar-refractivity contribution in [1.82, 2.24) is 9.88 Å². The third-order valence-electron chi connectivity index (χ3n) is 1.91. The van der Waals surface area contributed by atoms with E-state index in [4.69, 9.17) is 5.11 Å². The highest BCUT2D eigenvalue weighted by molar-refractivity contribution is 7.09. The van der Waals surface area contributed by atoms with Gasteiger partial charge in [-0.1, -0.05) is 0 Å². The molecule has 1 N–H and O–H groups in total. The van der Waals surface area contributed by atoms with Crippen LogP contribution >= 0.6 is 11.3 Å². The molecular formula is C8H12N2O2S. The van der Waals surface area contributed by atoms with Crippen molar-refractivity contribution in [3.63, 3.8) is 0 Å². The van der Waals surface area contributed by atoms with Crippen molar-refractivity contribution in [2.75, 3.05) is 13.6 Å². The Hall–Kier alpha value is -0.940. The first-order chi connectivity index (χ1) is 6.11. The van der Waals surface area contributed by atoms with Crippen LogP contribution in [0.15, 0.2) is 11.7 Å². The zero-order valence-electron chi connectivity index (χ0n) is 7.60. The first-order valence-electron chi connectivity index (χ1n) is 3.91. The van der Waals surface area contributed by atoms with Crippen LogP contribution < -0.4 is 0 Å². The molecule has 72 valence electrons. The summed E-state index contributed by atoms with van der Waals surface area (Å²) in [7, 11) is 1.79. The van der Waals surface area contributed by atoms with Gasteiger partial charge in [-0.25, -0.2) is 0 Å². The minimum Gasteiger partial charge on any atom is -0.480 e. The van der Waals surface area contributed by atoms with Gasteiger partial charge in [-0.15, -0.1) is 11.3 Å². The van der Waals surface area contributed by atoms with Crippen LogP contribution in [0.25, 0.3) is 0 Å². The largest absolute Gasteiger partial charge is 0.480 e.